The Morgan fingerprint density at radius 2 is 1.50 bits per heavy atom. The molecule has 1 aliphatic heterocycles. The molecule has 0 amide bonds. The molecule has 2 aromatic rings. The van der Waals surface area contributed by atoms with Crippen molar-refractivity contribution in [2.75, 3.05) is 0 Å². The van der Waals surface area contributed by atoms with E-state index in [0.717, 1.165) is 22.8 Å². The van der Waals surface area contributed by atoms with Crippen LogP contribution in [0.2, 0.25) is 0 Å². The van der Waals surface area contributed by atoms with Gasteiger partial charge in [-0.05, 0) is 53.7 Å². The van der Waals surface area contributed by atoms with Crippen molar-refractivity contribution in [1.82, 2.24) is 14.3 Å². The zero-order valence-electron chi connectivity index (χ0n) is 14.5. The number of nitrogens with zero attached hydrogens (tertiary/aromatic N) is 3. The van der Waals surface area contributed by atoms with Gasteiger partial charge < -0.3 is 13.9 Å². The van der Waals surface area contributed by atoms with Crippen LogP contribution in [0, 0.1) is 13.8 Å². The second-order valence-electron chi connectivity index (χ2n) is 7.09. The molecule has 0 aromatic carbocycles. The second-order valence-corrected chi connectivity index (χ2v) is 7.09. The van der Waals surface area contributed by atoms with Crippen molar-refractivity contribution in [3.8, 4) is 5.82 Å². The Labute approximate surface area is 132 Å². The minimum absolute atomic E-state index is 0.346. The molecule has 3 heterocycles. The summed E-state index contributed by atoms with van der Waals surface area (Å²) in [7, 11) is 1.53. The molecular formula is C16H24BN3O2. The lowest BCUT2D eigenvalue weighted by Crippen LogP contribution is -2.41. The van der Waals surface area contributed by atoms with E-state index in [1.165, 1.54) is 0 Å². The van der Waals surface area contributed by atoms with Crippen LogP contribution in [0.15, 0.2) is 18.2 Å². The Kier molecular flexibility index (Phi) is 3.31. The summed E-state index contributed by atoms with van der Waals surface area (Å²) in [5, 5.41) is 4.63. The summed E-state index contributed by atoms with van der Waals surface area (Å²) in [6.07, 6.45) is 0. The van der Waals surface area contributed by atoms with Crippen LogP contribution >= 0.6 is 0 Å². The van der Waals surface area contributed by atoms with Crippen molar-refractivity contribution in [2.45, 2.75) is 52.7 Å². The summed E-state index contributed by atoms with van der Waals surface area (Å²) in [6, 6.07) is 6.24. The molecule has 0 bridgehead atoms. The predicted molar refractivity (Wildman–Crippen MR) is 87.7 cm³/mol. The SMILES string of the molecule is Cc1ccc(C)n1-c1cc(B2OC(C)(C)C(C)(C)O2)n(C)n1. The highest BCUT2D eigenvalue weighted by atomic mass is 16.7. The van der Waals surface area contributed by atoms with Gasteiger partial charge >= 0.3 is 7.12 Å². The van der Waals surface area contributed by atoms with Gasteiger partial charge in [0.15, 0.2) is 5.82 Å². The number of rotatable bonds is 2. The Bertz CT molecular complexity index is 680. The summed E-state index contributed by atoms with van der Waals surface area (Å²) in [5.74, 6) is 0.896. The van der Waals surface area contributed by atoms with Crippen molar-refractivity contribution >= 4 is 12.7 Å². The largest absolute Gasteiger partial charge is 0.514 e. The van der Waals surface area contributed by atoms with Crippen molar-refractivity contribution in [1.29, 1.82) is 0 Å². The highest BCUT2D eigenvalue weighted by Crippen LogP contribution is 2.36. The maximum Gasteiger partial charge on any atom is 0.514 e. The Hall–Kier alpha value is -1.53. The van der Waals surface area contributed by atoms with Gasteiger partial charge in [0.25, 0.3) is 0 Å². The molecular weight excluding hydrogens is 277 g/mol. The molecule has 118 valence electrons. The molecule has 6 heteroatoms. The fraction of sp³-hybridized carbons (Fsp3) is 0.562. The van der Waals surface area contributed by atoms with Crippen molar-refractivity contribution in [2.24, 2.45) is 7.05 Å². The highest BCUT2D eigenvalue weighted by Gasteiger charge is 2.52. The molecule has 1 saturated heterocycles. The molecule has 1 aliphatic rings. The van der Waals surface area contributed by atoms with Gasteiger partial charge in [-0.25, -0.2) is 0 Å². The van der Waals surface area contributed by atoms with Crippen LogP contribution in [0.3, 0.4) is 0 Å². The van der Waals surface area contributed by atoms with Gasteiger partial charge in [0.2, 0.25) is 0 Å². The first-order valence-electron chi connectivity index (χ1n) is 7.67. The molecule has 0 unspecified atom stereocenters. The third-order valence-corrected chi connectivity index (χ3v) is 4.90. The molecule has 5 nitrogen and oxygen atoms in total. The molecule has 0 N–H and O–H groups in total. The van der Waals surface area contributed by atoms with E-state index in [2.05, 4.69) is 63.3 Å². The van der Waals surface area contributed by atoms with Gasteiger partial charge in [0.1, 0.15) is 0 Å². The van der Waals surface area contributed by atoms with E-state index in [4.69, 9.17) is 9.31 Å². The van der Waals surface area contributed by atoms with Crippen molar-refractivity contribution in [3.05, 3.63) is 29.6 Å². The highest BCUT2D eigenvalue weighted by molar-refractivity contribution is 6.61. The maximum atomic E-state index is 6.13. The van der Waals surface area contributed by atoms with E-state index in [0.29, 0.717) is 0 Å². The monoisotopic (exact) mass is 301 g/mol. The molecule has 3 rings (SSSR count). The van der Waals surface area contributed by atoms with Crippen molar-refractivity contribution in [3.63, 3.8) is 0 Å². The number of aromatic nitrogens is 3. The minimum atomic E-state index is -0.396. The van der Waals surface area contributed by atoms with Gasteiger partial charge in [-0.3, -0.25) is 4.68 Å². The van der Waals surface area contributed by atoms with E-state index in [1.54, 1.807) is 0 Å². The zero-order chi connectivity index (χ0) is 16.3. The van der Waals surface area contributed by atoms with E-state index in [9.17, 15) is 0 Å². The molecule has 0 saturated carbocycles. The Morgan fingerprint density at radius 3 is 2.00 bits per heavy atom. The van der Waals surface area contributed by atoms with E-state index >= 15 is 0 Å². The second kappa shape index (κ2) is 4.73. The van der Waals surface area contributed by atoms with Gasteiger partial charge in [0, 0.05) is 24.5 Å². The fourth-order valence-corrected chi connectivity index (χ4v) is 2.79. The zero-order valence-corrected chi connectivity index (χ0v) is 14.5. The predicted octanol–water partition coefficient (Wildman–Crippen LogP) is 2.13. The number of aryl methyl sites for hydroxylation is 3. The Balaban J connectivity index is 1.98. The van der Waals surface area contributed by atoms with Gasteiger partial charge in [-0.1, -0.05) is 0 Å². The molecule has 0 aliphatic carbocycles. The van der Waals surface area contributed by atoms with Gasteiger partial charge in [-0.2, -0.15) is 5.10 Å². The molecule has 1 fully saturated rings. The van der Waals surface area contributed by atoms with Crippen LogP contribution in [0.25, 0.3) is 5.82 Å². The lowest BCUT2D eigenvalue weighted by Gasteiger charge is -2.32. The third-order valence-electron chi connectivity index (χ3n) is 4.90. The van der Waals surface area contributed by atoms with Crippen LogP contribution in [0.5, 0.6) is 0 Å². The summed E-state index contributed by atoms with van der Waals surface area (Å²) >= 11 is 0. The first kappa shape index (κ1) is 15.4. The molecule has 0 spiro atoms. The van der Waals surface area contributed by atoms with Crippen LogP contribution in [0.4, 0.5) is 0 Å². The summed E-state index contributed by atoms with van der Waals surface area (Å²) in [5.41, 5.74) is 2.57. The van der Waals surface area contributed by atoms with E-state index in [1.807, 2.05) is 17.8 Å². The normalized spacial score (nSPS) is 19.9. The average molecular weight is 301 g/mol. The van der Waals surface area contributed by atoms with Crippen LogP contribution in [-0.4, -0.2) is 32.7 Å². The average Bonchev–Trinajstić information content (AvgIpc) is 2.97. The van der Waals surface area contributed by atoms with Crippen LogP contribution < -0.4 is 5.59 Å². The first-order chi connectivity index (χ1) is 10.1. The topological polar surface area (TPSA) is 41.2 Å². The molecule has 22 heavy (non-hydrogen) atoms. The summed E-state index contributed by atoms with van der Waals surface area (Å²) in [6.45, 7) is 12.4. The number of hydrogen-bond acceptors (Lipinski definition) is 3. The number of hydrogen-bond donors (Lipinski definition) is 0. The quantitative estimate of drug-likeness (QED) is 0.798. The lowest BCUT2D eigenvalue weighted by atomic mass is 9.84. The molecule has 0 atom stereocenters. The maximum absolute atomic E-state index is 6.13. The molecule has 0 radical (unpaired) electrons. The van der Waals surface area contributed by atoms with E-state index < -0.39 is 7.12 Å². The van der Waals surface area contributed by atoms with Crippen molar-refractivity contribution < 1.29 is 9.31 Å². The molecule has 2 aromatic heterocycles. The first-order valence-corrected chi connectivity index (χ1v) is 7.67. The summed E-state index contributed by atoms with van der Waals surface area (Å²) < 4.78 is 16.2. The smallest absolute Gasteiger partial charge is 0.398 e. The fourth-order valence-electron chi connectivity index (χ4n) is 2.79. The lowest BCUT2D eigenvalue weighted by molar-refractivity contribution is 0.00578. The van der Waals surface area contributed by atoms with Gasteiger partial charge in [0.05, 0.1) is 16.8 Å². The van der Waals surface area contributed by atoms with E-state index in [-0.39, 0.29) is 11.2 Å². The summed E-state index contributed by atoms with van der Waals surface area (Å²) in [4.78, 5) is 0. The van der Waals surface area contributed by atoms with Gasteiger partial charge in [-0.15, -0.1) is 0 Å². The Morgan fingerprint density at radius 1 is 1.00 bits per heavy atom. The van der Waals surface area contributed by atoms with Crippen LogP contribution in [0.1, 0.15) is 39.1 Å². The standard InChI is InChI=1S/C16H24BN3O2/c1-11-8-9-12(2)20(11)14-10-13(19(7)18-14)17-21-15(3,4)16(5,6)22-17/h8-10H,1-7H3. The van der Waals surface area contributed by atoms with Crippen LogP contribution in [-0.2, 0) is 16.4 Å². The minimum Gasteiger partial charge on any atom is -0.398 e. The third kappa shape index (κ3) is 2.21.